The third-order valence-electron chi connectivity index (χ3n) is 2.26. The molecule has 0 spiro atoms. The molecule has 0 aliphatic carbocycles. The highest BCUT2D eigenvalue weighted by molar-refractivity contribution is 5.98. The molecule has 1 rings (SSSR count). The summed E-state index contributed by atoms with van der Waals surface area (Å²) in [5.41, 5.74) is 1.61. The van der Waals surface area contributed by atoms with Crippen molar-refractivity contribution in [2.75, 3.05) is 19.4 Å². The first kappa shape index (κ1) is 13.0. The number of amides is 2. The van der Waals surface area contributed by atoms with Crippen molar-refractivity contribution >= 4 is 17.5 Å². The van der Waals surface area contributed by atoms with Crippen LogP contribution in [0.25, 0.3) is 0 Å². The fourth-order valence-electron chi connectivity index (χ4n) is 1.23. The molecule has 0 aromatic heterocycles. The highest BCUT2D eigenvalue weighted by Gasteiger charge is 2.05. The quantitative estimate of drug-likeness (QED) is 0.799. The van der Waals surface area contributed by atoms with Gasteiger partial charge in [-0.25, -0.2) is 0 Å². The van der Waals surface area contributed by atoms with Crippen molar-refractivity contribution in [3.05, 3.63) is 42.5 Å². The second-order valence-electron chi connectivity index (χ2n) is 3.86. The summed E-state index contributed by atoms with van der Waals surface area (Å²) in [7, 11) is 3.45. The number of likely N-dealkylation sites (N-methyl/N-ethyl adjacent to an activating group) is 1. The predicted molar refractivity (Wildman–Crippen MR) is 67.7 cm³/mol. The van der Waals surface area contributed by atoms with Gasteiger partial charge in [0.15, 0.2) is 0 Å². The average Bonchev–Trinajstić information content (AvgIpc) is 2.31. The van der Waals surface area contributed by atoms with E-state index in [2.05, 4.69) is 11.9 Å². The minimum Gasteiger partial charge on any atom is -0.349 e. The minimum absolute atomic E-state index is 0.0490. The van der Waals surface area contributed by atoms with Crippen LogP contribution in [0.3, 0.4) is 0 Å². The van der Waals surface area contributed by atoms with Crippen LogP contribution in [0.4, 0.5) is 5.69 Å². The lowest BCUT2D eigenvalue weighted by atomic mass is 10.1. The fourth-order valence-corrected chi connectivity index (χ4v) is 1.23. The normalized spacial score (nSPS) is 9.53. The van der Waals surface area contributed by atoms with E-state index in [4.69, 9.17) is 0 Å². The monoisotopic (exact) mass is 232 g/mol. The van der Waals surface area contributed by atoms with E-state index in [0.717, 1.165) is 5.56 Å². The first-order valence-corrected chi connectivity index (χ1v) is 5.25. The molecule has 1 aromatic rings. The molecule has 0 saturated carbocycles. The van der Waals surface area contributed by atoms with Crippen LogP contribution in [0, 0.1) is 0 Å². The molecule has 0 fully saturated rings. The number of nitrogens with one attached hydrogen (secondary N) is 1. The summed E-state index contributed by atoms with van der Waals surface area (Å²) in [6, 6.07) is 7.17. The van der Waals surface area contributed by atoms with Crippen molar-refractivity contribution in [3.63, 3.8) is 0 Å². The van der Waals surface area contributed by atoms with E-state index in [1.807, 2.05) is 12.1 Å². The zero-order valence-corrected chi connectivity index (χ0v) is 10.1. The molecule has 2 amide bonds. The molecule has 4 heteroatoms. The van der Waals surface area contributed by atoms with Gasteiger partial charge in [0, 0.05) is 19.8 Å². The third kappa shape index (κ3) is 4.10. The van der Waals surface area contributed by atoms with Crippen molar-refractivity contribution in [3.8, 4) is 0 Å². The van der Waals surface area contributed by atoms with Crippen LogP contribution in [0.5, 0.6) is 0 Å². The Morgan fingerprint density at radius 3 is 2.35 bits per heavy atom. The topological polar surface area (TPSA) is 49.4 Å². The fraction of sp³-hybridized carbons (Fsp3) is 0.231. The number of hydrogen-bond acceptors (Lipinski definition) is 2. The van der Waals surface area contributed by atoms with E-state index >= 15 is 0 Å². The van der Waals surface area contributed by atoms with Crippen LogP contribution in [-0.4, -0.2) is 30.8 Å². The Morgan fingerprint density at radius 1 is 1.29 bits per heavy atom. The first-order chi connectivity index (χ1) is 8.02. The molecule has 17 heavy (non-hydrogen) atoms. The van der Waals surface area contributed by atoms with Crippen LogP contribution in [-0.2, 0) is 16.0 Å². The number of benzene rings is 1. The van der Waals surface area contributed by atoms with Gasteiger partial charge >= 0.3 is 0 Å². The predicted octanol–water partition coefficient (Wildman–Crippen LogP) is 1.44. The number of nitrogens with zero attached hydrogens (tertiary/aromatic N) is 1. The summed E-state index contributed by atoms with van der Waals surface area (Å²) in [5.74, 6) is -0.199. The molecule has 0 aliphatic heterocycles. The summed E-state index contributed by atoms with van der Waals surface area (Å²) in [4.78, 5) is 24.1. The molecule has 0 saturated heterocycles. The molecule has 1 N–H and O–H groups in total. The van der Waals surface area contributed by atoms with Gasteiger partial charge < -0.3 is 10.2 Å². The summed E-state index contributed by atoms with van der Waals surface area (Å²) in [6.07, 6.45) is 1.58. The van der Waals surface area contributed by atoms with Gasteiger partial charge in [-0.15, -0.1) is 0 Å². The first-order valence-electron chi connectivity index (χ1n) is 5.25. The maximum Gasteiger partial charge on any atom is 0.247 e. The number of carbonyl (C=O) groups excluding carboxylic acids is 2. The van der Waals surface area contributed by atoms with Gasteiger partial charge in [-0.1, -0.05) is 18.7 Å². The summed E-state index contributed by atoms with van der Waals surface area (Å²) < 4.78 is 0. The number of anilines is 1. The molecule has 0 radical (unpaired) electrons. The second kappa shape index (κ2) is 5.84. The molecular weight excluding hydrogens is 216 g/mol. The standard InChI is InChI=1S/C13H16N2O2/c1-4-12(16)14-11-7-5-10(6-8-11)9-13(17)15(2)3/h4-8H,1,9H2,2-3H3,(H,14,16). The minimum atomic E-state index is -0.248. The van der Waals surface area contributed by atoms with Crippen molar-refractivity contribution in [2.45, 2.75) is 6.42 Å². The van der Waals surface area contributed by atoms with E-state index in [9.17, 15) is 9.59 Å². The molecule has 0 unspecified atom stereocenters. The Balaban J connectivity index is 2.65. The van der Waals surface area contributed by atoms with Crippen molar-refractivity contribution in [1.29, 1.82) is 0 Å². The van der Waals surface area contributed by atoms with Gasteiger partial charge in [0.1, 0.15) is 0 Å². The Labute approximate surface area is 101 Å². The third-order valence-corrected chi connectivity index (χ3v) is 2.26. The maximum absolute atomic E-state index is 11.5. The van der Waals surface area contributed by atoms with Gasteiger partial charge in [0.25, 0.3) is 0 Å². The SMILES string of the molecule is C=CC(=O)Nc1ccc(CC(=O)N(C)C)cc1. The Morgan fingerprint density at radius 2 is 1.88 bits per heavy atom. The Hall–Kier alpha value is -2.10. The van der Waals surface area contributed by atoms with Gasteiger partial charge in [-0.2, -0.15) is 0 Å². The molecule has 0 aliphatic rings. The van der Waals surface area contributed by atoms with E-state index < -0.39 is 0 Å². The number of rotatable bonds is 4. The van der Waals surface area contributed by atoms with Gasteiger partial charge in [0.2, 0.25) is 11.8 Å². The molecule has 4 nitrogen and oxygen atoms in total. The van der Waals surface area contributed by atoms with Gasteiger partial charge in [0.05, 0.1) is 6.42 Å². The molecule has 0 bridgehead atoms. The van der Waals surface area contributed by atoms with E-state index in [-0.39, 0.29) is 11.8 Å². The zero-order valence-electron chi connectivity index (χ0n) is 10.1. The van der Waals surface area contributed by atoms with Crippen LogP contribution >= 0.6 is 0 Å². The summed E-state index contributed by atoms with van der Waals surface area (Å²) in [5, 5.41) is 2.64. The van der Waals surface area contributed by atoms with Crippen molar-refractivity contribution in [1.82, 2.24) is 4.90 Å². The maximum atomic E-state index is 11.5. The van der Waals surface area contributed by atoms with Crippen LogP contribution < -0.4 is 5.32 Å². The Bertz CT molecular complexity index is 422. The highest BCUT2D eigenvalue weighted by atomic mass is 16.2. The number of hydrogen-bond donors (Lipinski definition) is 1. The lowest BCUT2D eigenvalue weighted by Crippen LogP contribution is -2.23. The lowest BCUT2D eigenvalue weighted by Gasteiger charge is -2.10. The van der Waals surface area contributed by atoms with E-state index in [1.54, 1.807) is 31.1 Å². The highest BCUT2D eigenvalue weighted by Crippen LogP contribution is 2.10. The van der Waals surface area contributed by atoms with Crippen LogP contribution in [0.15, 0.2) is 36.9 Å². The molecule has 90 valence electrons. The van der Waals surface area contributed by atoms with Crippen LogP contribution in [0.1, 0.15) is 5.56 Å². The van der Waals surface area contributed by atoms with E-state index in [1.165, 1.54) is 6.08 Å². The molecule has 0 heterocycles. The second-order valence-corrected chi connectivity index (χ2v) is 3.86. The summed E-state index contributed by atoms with van der Waals surface area (Å²) >= 11 is 0. The molecule has 1 aromatic carbocycles. The van der Waals surface area contributed by atoms with Gasteiger partial charge in [-0.3, -0.25) is 9.59 Å². The molecular formula is C13H16N2O2. The molecule has 0 atom stereocenters. The summed E-state index contributed by atoms with van der Waals surface area (Å²) in [6.45, 7) is 3.37. The zero-order chi connectivity index (χ0) is 12.8. The van der Waals surface area contributed by atoms with Crippen molar-refractivity contribution in [2.24, 2.45) is 0 Å². The number of carbonyl (C=O) groups is 2. The lowest BCUT2D eigenvalue weighted by molar-refractivity contribution is -0.128. The van der Waals surface area contributed by atoms with Crippen molar-refractivity contribution < 1.29 is 9.59 Å². The Kier molecular flexibility index (Phi) is 4.46. The smallest absolute Gasteiger partial charge is 0.247 e. The van der Waals surface area contributed by atoms with E-state index in [0.29, 0.717) is 12.1 Å². The van der Waals surface area contributed by atoms with Crippen LogP contribution in [0.2, 0.25) is 0 Å². The van der Waals surface area contributed by atoms with Gasteiger partial charge in [-0.05, 0) is 23.8 Å². The largest absolute Gasteiger partial charge is 0.349 e. The average molecular weight is 232 g/mol.